The normalized spacial score (nSPS) is 11.7. The van der Waals surface area contributed by atoms with Crippen LogP contribution in [0.2, 0.25) is 0 Å². The topological polar surface area (TPSA) is 120 Å². The monoisotopic (exact) mass is 510 g/mol. The Morgan fingerprint density at radius 3 is 1.50 bits per heavy atom. The number of carbonyl (C=O) groups excluding carboxylic acids is 2. The van der Waals surface area contributed by atoms with Crippen molar-refractivity contribution in [3.05, 3.63) is 0 Å². The lowest BCUT2D eigenvalue weighted by atomic mass is 10.0. The Kier molecular flexibility index (Phi) is 25.0. The summed E-state index contributed by atoms with van der Waals surface area (Å²) in [6.07, 6.45) is 26.7. The molecule has 0 aliphatic carbocycles. The lowest BCUT2D eigenvalue weighted by Crippen LogP contribution is -2.41. The van der Waals surface area contributed by atoms with Gasteiger partial charge in [0, 0.05) is 13.0 Å². The molecule has 1 atom stereocenters. The maximum absolute atomic E-state index is 12.2. The second-order valence-electron chi connectivity index (χ2n) is 10.2. The fraction of sp³-hybridized carbons (Fsp3) is 0.897. The Balaban J connectivity index is 3.52. The standard InChI is InChI=1S/C29H58N4O3/c1-3-4-5-6-7-8-9-10-11-12-13-14-15-16-17-18-19-20-21-24-27(34)33-26(28(35)36-2)23-22-25-32-29(30)31/h26H,3-25H2,1-2H3,(H,33,34)(H4,30,31,32)/t26-/m0/s1. The van der Waals surface area contributed by atoms with Crippen molar-refractivity contribution in [2.24, 2.45) is 16.5 Å². The molecule has 7 heteroatoms. The number of amides is 1. The van der Waals surface area contributed by atoms with Gasteiger partial charge in [-0.2, -0.15) is 0 Å². The molecular formula is C29H58N4O3. The van der Waals surface area contributed by atoms with Crippen molar-refractivity contribution in [3.63, 3.8) is 0 Å². The minimum Gasteiger partial charge on any atom is -0.467 e. The molecule has 0 aromatic rings. The molecule has 0 saturated heterocycles. The fourth-order valence-electron chi connectivity index (χ4n) is 4.53. The number of carbonyl (C=O) groups is 2. The molecule has 0 spiro atoms. The molecule has 0 heterocycles. The first-order valence-corrected chi connectivity index (χ1v) is 14.9. The average Bonchev–Trinajstić information content (AvgIpc) is 2.86. The summed E-state index contributed by atoms with van der Waals surface area (Å²) in [5.41, 5.74) is 10.6. The van der Waals surface area contributed by atoms with Crippen LogP contribution >= 0.6 is 0 Å². The van der Waals surface area contributed by atoms with Crippen LogP contribution in [0, 0.1) is 0 Å². The van der Waals surface area contributed by atoms with Crippen molar-refractivity contribution >= 4 is 17.8 Å². The molecular weight excluding hydrogens is 452 g/mol. The lowest BCUT2D eigenvalue weighted by Gasteiger charge is -2.16. The molecule has 0 saturated carbocycles. The molecule has 1 amide bonds. The van der Waals surface area contributed by atoms with E-state index in [1.807, 2.05) is 0 Å². The van der Waals surface area contributed by atoms with Gasteiger partial charge >= 0.3 is 5.97 Å². The van der Waals surface area contributed by atoms with E-state index in [0.717, 1.165) is 12.8 Å². The van der Waals surface area contributed by atoms with Crippen LogP contribution in [0.3, 0.4) is 0 Å². The van der Waals surface area contributed by atoms with Gasteiger partial charge in [-0.25, -0.2) is 4.79 Å². The molecule has 212 valence electrons. The predicted molar refractivity (Wildman–Crippen MR) is 152 cm³/mol. The summed E-state index contributed by atoms with van der Waals surface area (Å²) in [5, 5.41) is 2.79. The highest BCUT2D eigenvalue weighted by atomic mass is 16.5. The zero-order valence-electron chi connectivity index (χ0n) is 23.7. The molecule has 0 aromatic heterocycles. The average molecular weight is 511 g/mol. The fourth-order valence-corrected chi connectivity index (χ4v) is 4.53. The summed E-state index contributed by atoms with van der Waals surface area (Å²) in [4.78, 5) is 28.0. The van der Waals surface area contributed by atoms with Gasteiger partial charge < -0.3 is 21.5 Å². The van der Waals surface area contributed by atoms with Gasteiger partial charge in [0.25, 0.3) is 0 Å². The van der Waals surface area contributed by atoms with E-state index >= 15 is 0 Å². The van der Waals surface area contributed by atoms with Crippen molar-refractivity contribution in [2.75, 3.05) is 13.7 Å². The van der Waals surface area contributed by atoms with Crippen molar-refractivity contribution in [3.8, 4) is 0 Å². The number of hydrogen-bond donors (Lipinski definition) is 3. The molecule has 0 aromatic carbocycles. The van der Waals surface area contributed by atoms with Crippen LogP contribution in [0.15, 0.2) is 4.99 Å². The van der Waals surface area contributed by atoms with Gasteiger partial charge in [0.15, 0.2) is 5.96 Å². The van der Waals surface area contributed by atoms with Gasteiger partial charge in [0.05, 0.1) is 7.11 Å². The molecule has 5 N–H and O–H groups in total. The van der Waals surface area contributed by atoms with E-state index in [2.05, 4.69) is 17.2 Å². The highest BCUT2D eigenvalue weighted by Crippen LogP contribution is 2.15. The third-order valence-corrected chi connectivity index (χ3v) is 6.77. The number of methoxy groups -OCH3 is 1. The second kappa shape index (κ2) is 26.3. The summed E-state index contributed by atoms with van der Waals surface area (Å²) >= 11 is 0. The SMILES string of the molecule is CCCCCCCCCCCCCCCCCCCCCC(=O)N[C@@H](CCCN=C(N)N)C(=O)OC. The second-order valence-corrected chi connectivity index (χ2v) is 10.2. The minimum atomic E-state index is -0.642. The van der Waals surface area contributed by atoms with Crippen molar-refractivity contribution < 1.29 is 14.3 Å². The molecule has 0 fully saturated rings. The van der Waals surface area contributed by atoms with Gasteiger partial charge in [0.1, 0.15) is 6.04 Å². The summed E-state index contributed by atoms with van der Waals surface area (Å²) in [7, 11) is 1.33. The zero-order valence-corrected chi connectivity index (χ0v) is 23.7. The number of nitrogens with one attached hydrogen (secondary N) is 1. The molecule has 7 nitrogen and oxygen atoms in total. The Hall–Kier alpha value is -1.79. The predicted octanol–water partition coefficient (Wildman–Crippen LogP) is 6.52. The lowest BCUT2D eigenvalue weighted by molar-refractivity contribution is -0.145. The number of guanidine groups is 1. The highest BCUT2D eigenvalue weighted by Gasteiger charge is 2.20. The number of hydrogen-bond acceptors (Lipinski definition) is 4. The molecule has 0 bridgehead atoms. The van der Waals surface area contributed by atoms with Crippen LogP contribution in [0.25, 0.3) is 0 Å². The number of aliphatic imine (C=N–C) groups is 1. The van der Waals surface area contributed by atoms with Crippen LogP contribution < -0.4 is 16.8 Å². The molecule has 0 unspecified atom stereocenters. The van der Waals surface area contributed by atoms with E-state index < -0.39 is 12.0 Å². The Bertz CT molecular complexity index is 551. The highest BCUT2D eigenvalue weighted by molar-refractivity contribution is 5.84. The number of ether oxygens (including phenoxy) is 1. The number of nitrogens with two attached hydrogens (primary N) is 2. The maximum Gasteiger partial charge on any atom is 0.328 e. The number of unbranched alkanes of at least 4 members (excludes halogenated alkanes) is 18. The largest absolute Gasteiger partial charge is 0.467 e. The van der Waals surface area contributed by atoms with E-state index in [1.165, 1.54) is 116 Å². The van der Waals surface area contributed by atoms with Crippen LogP contribution in [0.5, 0.6) is 0 Å². The van der Waals surface area contributed by atoms with Gasteiger partial charge in [0.2, 0.25) is 5.91 Å². The summed E-state index contributed by atoms with van der Waals surface area (Å²) in [6.45, 7) is 2.70. The molecule has 0 radical (unpaired) electrons. The molecule has 0 aliphatic heterocycles. The van der Waals surface area contributed by atoms with E-state index in [9.17, 15) is 9.59 Å². The number of nitrogens with zero attached hydrogens (tertiary/aromatic N) is 1. The van der Waals surface area contributed by atoms with E-state index in [4.69, 9.17) is 16.2 Å². The van der Waals surface area contributed by atoms with Crippen LogP contribution in [0.1, 0.15) is 148 Å². The first-order valence-electron chi connectivity index (χ1n) is 14.9. The number of rotatable bonds is 26. The van der Waals surface area contributed by atoms with Gasteiger partial charge in [-0.15, -0.1) is 0 Å². The molecule has 36 heavy (non-hydrogen) atoms. The first kappa shape index (κ1) is 34.2. The van der Waals surface area contributed by atoms with Crippen LogP contribution in [0.4, 0.5) is 0 Å². The van der Waals surface area contributed by atoms with Crippen molar-refractivity contribution in [2.45, 2.75) is 154 Å². The van der Waals surface area contributed by atoms with Crippen molar-refractivity contribution in [1.29, 1.82) is 0 Å². The van der Waals surface area contributed by atoms with Crippen LogP contribution in [-0.4, -0.2) is 37.5 Å². The van der Waals surface area contributed by atoms with Gasteiger partial charge in [-0.1, -0.05) is 122 Å². The zero-order chi connectivity index (χ0) is 26.7. The molecule has 0 rings (SSSR count). The van der Waals surface area contributed by atoms with E-state index in [-0.39, 0.29) is 11.9 Å². The summed E-state index contributed by atoms with van der Waals surface area (Å²) in [6, 6.07) is -0.642. The van der Waals surface area contributed by atoms with Gasteiger partial charge in [-0.05, 0) is 19.3 Å². The van der Waals surface area contributed by atoms with Crippen molar-refractivity contribution in [1.82, 2.24) is 5.32 Å². The minimum absolute atomic E-state index is 0.0259. The third kappa shape index (κ3) is 23.9. The Morgan fingerprint density at radius 1 is 0.694 bits per heavy atom. The van der Waals surface area contributed by atoms with E-state index in [1.54, 1.807) is 0 Å². The van der Waals surface area contributed by atoms with Gasteiger partial charge in [-0.3, -0.25) is 9.79 Å². The summed E-state index contributed by atoms with van der Waals surface area (Å²) < 4.78 is 4.80. The molecule has 0 aliphatic rings. The smallest absolute Gasteiger partial charge is 0.328 e. The maximum atomic E-state index is 12.2. The van der Waals surface area contributed by atoms with Crippen LogP contribution in [-0.2, 0) is 14.3 Å². The van der Waals surface area contributed by atoms with E-state index in [0.29, 0.717) is 25.8 Å². The quantitative estimate of drug-likeness (QED) is 0.0529. The third-order valence-electron chi connectivity index (χ3n) is 6.77. The first-order chi connectivity index (χ1) is 17.5. The number of esters is 1. The summed E-state index contributed by atoms with van der Waals surface area (Å²) in [5.74, 6) is -0.501. The Labute approximate surface area is 222 Å². The Morgan fingerprint density at radius 2 is 1.11 bits per heavy atom.